The molecule has 0 fully saturated rings. The number of rotatable bonds is 4. The Hall–Kier alpha value is -1.48. The second-order valence-corrected chi connectivity index (χ2v) is 5.08. The lowest BCUT2D eigenvalue weighted by Crippen LogP contribution is -2.37. The zero-order valence-electron chi connectivity index (χ0n) is 10.3. The van der Waals surface area contributed by atoms with E-state index in [1.165, 1.54) is 5.56 Å². The molecule has 0 aliphatic rings. The normalized spacial score (nSPS) is 10.3. The zero-order chi connectivity index (χ0) is 13.0. The highest BCUT2D eigenvalue weighted by Crippen LogP contribution is 2.10. The summed E-state index contributed by atoms with van der Waals surface area (Å²) in [5.74, 6) is 0.126. The lowest BCUT2D eigenvalue weighted by molar-refractivity contribution is -0.683. The van der Waals surface area contributed by atoms with Crippen LogP contribution in [-0.4, -0.2) is 5.78 Å². The van der Waals surface area contributed by atoms with Gasteiger partial charge in [-0.1, -0.05) is 35.0 Å². The van der Waals surface area contributed by atoms with Gasteiger partial charge in [-0.3, -0.25) is 4.79 Å². The molecule has 92 valence electrons. The Balaban J connectivity index is 2.13. The fourth-order valence-electron chi connectivity index (χ4n) is 1.78. The number of nitrogens with zero attached hydrogens (tertiary/aromatic N) is 1. The maximum atomic E-state index is 12.1. The van der Waals surface area contributed by atoms with Crippen molar-refractivity contribution in [1.29, 1.82) is 0 Å². The topological polar surface area (TPSA) is 20.9 Å². The molecule has 0 aliphatic carbocycles. The van der Waals surface area contributed by atoms with Crippen LogP contribution in [-0.2, 0) is 13.0 Å². The van der Waals surface area contributed by atoms with Gasteiger partial charge in [0.2, 0.25) is 12.3 Å². The molecule has 0 bridgehead atoms. The van der Waals surface area contributed by atoms with E-state index >= 15 is 0 Å². The van der Waals surface area contributed by atoms with Crippen LogP contribution in [0.2, 0.25) is 0 Å². The molecule has 1 aromatic heterocycles. The molecular weight excluding hydrogens is 290 g/mol. The maximum Gasteiger partial charge on any atom is 0.227 e. The van der Waals surface area contributed by atoms with Crippen molar-refractivity contribution in [3.63, 3.8) is 0 Å². The molecular formula is C15H15BrNO+. The maximum absolute atomic E-state index is 12.1. The first-order valence-corrected chi connectivity index (χ1v) is 6.75. The average Bonchev–Trinajstić information content (AvgIpc) is 2.39. The quantitative estimate of drug-likeness (QED) is 0.628. The summed E-state index contributed by atoms with van der Waals surface area (Å²) in [5, 5.41) is 0. The second-order valence-electron chi connectivity index (χ2n) is 4.17. The Morgan fingerprint density at radius 3 is 2.61 bits per heavy atom. The molecule has 0 aliphatic heterocycles. The lowest BCUT2D eigenvalue weighted by Gasteiger charge is -2.00. The molecule has 3 heteroatoms. The van der Waals surface area contributed by atoms with Gasteiger partial charge in [0.25, 0.3) is 0 Å². The summed E-state index contributed by atoms with van der Waals surface area (Å²) in [5.41, 5.74) is 1.98. The van der Waals surface area contributed by atoms with Crippen LogP contribution in [0.1, 0.15) is 22.8 Å². The smallest absolute Gasteiger partial charge is 0.227 e. The predicted octanol–water partition coefficient (Wildman–Crippen LogP) is 3.18. The lowest BCUT2D eigenvalue weighted by atomic mass is 10.1. The number of hydrogen-bond donors (Lipinski definition) is 0. The number of halogens is 1. The number of hydrogen-bond acceptors (Lipinski definition) is 1. The summed E-state index contributed by atoms with van der Waals surface area (Å²) in [6.45, 7) is 2.49. The first-order chi connectivity index (χ1) is 8.69. The minimum Gasteiger partial charge on any atom is -0.287 e. The molecule has 0 spiro atoms. The standard InChI is InChI=1S/C15H15BrNO/c1-2-12-4-3-9-17(10-12)11-15(18)13-5-7-14(16)8-6-13/h3-10H,2,11H2,1H3/q+1. The van der Waals surface area contributed by atoms with Crippen molar-refractivity contribution in [3.05, 3.63) is 64.4 Å². The minimum absolute atomic E-state index is 0.126. The van der Waals surface area contributed by atoms with Gasteiger partial charge in [0, 0.05) is 21.7 Å². The van der Waals surface area contributed by atoms with Crippen LogP contribution in [0.5, 0.6) is 0 Å². The van der Waals surface area contributed by atoms with Crippen molar-refractivity contribution >= 4 is 21.7 Å². The first kappa shape index (κ1) is 13.0. The molecule has 0 amide bonds. The minimum atomic E-state index is 0.126. The molecule has 1 aromatic carbocycles. The van der Waals surface area contributed by atoms with Crippen LogP contribution >= 0.6 is 15.9 Å². The van der Waals surface area contributed by atoms with E-state index in [1.54, 1.807) is 0 Å². The molecule has 0 N–H and O–H groups in total. The summed E-state index contributed by atoms with van der Waals surface area (Å²) in [6.07, 6.45) is 4.93. The Labute approximate surface area is 115 Å². The van der Waals surface area contributed by atoms with E-state index in [0.717, 1.165) is 16.5 Å². The largest absolute Gasteiger partial charge is 0.287 e. The number of aryl methyl sites for hydroxylation is 1. The van der Waals surface area contributed by atoms with E-state index in [9.17, 15) is 4.79 Å². The average molecular weight is 305 g/mol. The summed E-state index contributed by atoms with van der Waals surface area (Å²) in [6, 6.07) is 11.5. The number of pyridine rings is 1. The molecule has 0 saturated carbocycles. The summed E-state index contributed by atoms with van der Waals surface area (Å²) in [4.78, 5) is 12.1. The van der Waals surface area contributed by atoms with Crippen molar-refractivity contribution in [1.82, 2.24) is 0 Å². The third-order valence-corrected chi connectivity index (χ3v) is 3.35. The predicted molar refractivity (Wildman–Crippen MR) is 74.5 cm³/mol. The third kappa shape index (κ3) is 3.26. The molecule has 18 heavy (non-hydrogen) atoms. The van der Waals surface area contributed by atoms with Crippen LogP contribution in [0.25, 0.3) is 0 Å². The van der Waals surface area contributed by atoms with Crippen molar-refractivity contribution in [2.75, 3.05) is 0 Å². The Morgan fingerprint density at radius 2 is 1.94 bits per heavy atom. The van der Waals surface area contributed by atoms with Gasteiger partial charge in [-0.25, -0.2) is 0 Å². The molecule has 1 heterocycles. The zero-order valence-corrected chi connectivity index (χ0v) is 11.9. The van der Waals surface area contributed by atoms with Gasteiger partial charge in [0.1, 0.15) is 0 Å². The van der Waals surface area contributed by atoms with Gasteiger partial charge in [-0.05, 0) is 24.6 Å². The van der Waals surface area contributed by atoms with Crippen LogP contribution in [0, 0.1) is 0 Å². The van der Waals surface area contributed by atoms with Crippen molar-refractivity contribution < 1.29 is 9.36 Å². The highest BCUT2D eigenvalue weighted by Gasteiger charge is 2.12. The molecule has 0 radical (unpaired) electrons. The van der Waals surface area contributed by atoms with Crippen molar-refractivity contribution in [2.24, 2.45) is 0 Å². The van der Waals surface area contributed by atoms with E-state index in [-0.39, 0.29) is 5.78 Å². The van der Waals surface area contributed by atoms with Gasteiger partial charge < -0.3 is 0 Å². The summed E-state index contributed by atoms with van der Waals surface area (Å²) >= 11 is 3.36. The number of carbonyl (C=O) groups excluding carboxylic acids is 1. The molecule has 0 unspecified atom stereocenters. The Morgan fingerprint density at radius 1 is 1.22 bits per heavy atom. The molecule has 2 rings (SSSR count). The van der Waals surface area contributed by atoms with E-state index in [1.807, 2.05) is 47.3 Å². The van der Waals surface area contributed by atoms with Crippen LogP contribution in [0.3, 0.4) is 0 Å². The number of ketones is 1. The molecule has 0 saturated heterocycles. The molecule has 0 atom stereocenters. The van der Waals surface area contributed by atoms with Crippen molar-refractivity contribution in [3.8, 4) is 0 Å². The van der Waals surface area contributed by atoms with Gasteiger partial charge in [-0.2, -0.15) is 4.57 Å². The van der Waals surface area contributed by atoms with Gasteiger partial charge >= 0.3 is 0 Å². The Kier molecular flexibility index (Phi) is 4.26. The first-order valence-electron chi connectivity index (χ1n) is 5.96. The number of aromatic nitrogens is 1. The van der Waals surface area contributed by atoms with Gasteiger partial charge in [0.05, 0.1) is 0 Å². The number of benzene rings is 1. The van der Waals surface area contributed by atoms with Crippen LogP contribution < -0.4 is 4.57 Å². The van der Waals surface area contributed by atoms with E-state index in [0.29, 0.717) is 6.54 Å². The van der Waals surface area contributed by atoms with E-state index < -0.39 is 0 Å². The summed E-state index contributed by atoms with van der Waals surface area (Å²) < 4.78 is 2.92. The molecule has 2 nitrogen and oxygen atoms in total. The highest BCUT2D eigenvalue weighted by atomic mass is 79.9. The molecule has 2 aromatic rings. The van der Waals surface area contributed by atoms with Crippen molar-refractivity contribution in [2.45, 2.75) is 19.9 Å². The van der Waals surface area contributed by atoms with Crippen LogP contribution in [0.15, 0.2) is 53.3 Å². The van der Waals surface area contributed by atoms with Crippen LogP contribution in [0.4, 0.5) is 0 Å². The fraction of sp³-hybridized carbons (Fsp3) is 0.200. The van der Waals surface area contributed by atoms with E-state index in [4.69, 9.17) is 0 Å². The Bertz CT molecular complexity index is 549. The monoisotopic (exact) mass is 304 g/mol. The SMILES string of the molecule is CCc1ccc[n+](CC(=O)c2ccc(Br)cc2)c1. The second kappa shape index (κ2) is 5.91. The van der Waals surface area contributed by atoms with Gasteiger partial charge in [0.15, 0.2) is 12.4 Å². The number of carbonyl (C=O) groups is 1. The summed E-state index contributed by atoms with van der Waals surface area (Å²) in [7, 11) is 0. The highest BCUT2D eigenvalue weighted by molar-refractivity contribution is 9.10. The van der Waals surface area contributed by atoms with E-state index in [2.05, 4.69) is 28.9 Å². The van der Waals surface area contributed by atoms with Gasteiger partial charge in [-0.15, -0.1) is 0 Å². The fourth-order valence-corrected chi connectivity index (χ4v) is 2.04. The number of Topliss-reactive ketones (excluding diaryl/α,β-unsaturated/α-hetero) is 1. The third-order valence-electron chi connectivity index (χ3n) is 2.82.